The summed E-state index contributed by atoms with van der Waals surface area (Å²) in [5.74, 6) is 1.06. The maximum atomic E-state index is 12.4. The van der Waals surface area contributed by atoms with Crippen molar-refractivity contribution in [3.63, 3.8) is 0 Å². The molecule has 0 unspecified atom stereocenters. The predicted molar refractivity (Wildman–Crippen MR) is 104 cm³/mol. The van der Waals surface area contributed by atoms with E-state index in [4.69, 9.17) is 4.74 Å². The molecule has 0 fully saturated rings. The maximum absolute atomic E-state index is 12.4. The van der Waals surface area contributed by atoms with Crippen LogP contribution in [0.15, 0.2) is 66.9 Å². The largest absolute Gasteiger partial charge is 0.496 e. The van der Waals surface area contributed by atoms with Crippen LogP contribution in [0.3, 0.4) is 0 Å². The number of benzene rings is 2. The summed E-state index contributed by atoms with van der Waals surface area (Å²) in [4.78, 5) is 16.7. The first-order chi connectivity index (χ1) is 12.7. The van der Waals surface area contributed by atoms with E-state index < -0.39 is 0 Å². The van der Waals surface area contributed by atoms with Gasteiger partial charge >= 0.3 is 0 Å². The Morgan fingerprint density at radius 1 is 1.04 bits per heavy atom. The van der Waals surface area contributed by atoms with Gasteiger partial charge in [-0.05, 0) is 42.3 Å². The normalized spacial score (nSPS) is 10.2. The summed E-state index contributed by atoms with van der Waals surface area (Å²) in [7, 11) is 1.54. The number of aryl methyl sites for hydroxylation is 1. The number of carbonyl (C=O) groups is 1. The zero-order valence-electron chi connectivity index (χ0n) is 14.8. The number of hydrogen-bond donors (Lipinski definition) is 2. The highest BCUT2D eigenvalue weighted by Crippen LogP contribution is 2.19. The lowest BCUT2D eigenvalue weighted by atomic mass is 10.1. The summed E-state index contributed by atoms with van der Waals surface area (Å²) < 4.78 is 5.22. The van der Waals surface area contributed by atoms with Crippen molar-refractivity contribution >= 4 is 17.4 Å². The van der Waals surface area contributed by atoms with E-state index in [2.05, 4.69) is 34.7 Å². The first kappa shape index (κ1) is 17.5. The van der Waals surface area contributed by atoms with Gasteiger partial charge in [-0.2, -0.15) is 0 Å². The summed E-state index contributed by atoms with van der Waals surface area (Å²) in [6.07, 6.45) is 1.63. The molecule has 0 saturated carbocycles. The van der Waals surface area contributed by atoms with Crippen molar-refractivity contribution in [2.75, 3.05) is 17.7 Å². The fourth-order valence-corrected chi connectivity index (χ4v) is 2.60. The minimum absolute atomic E-state index is 0.232. The lowest BCUT2D eigenvalue weighted by Crippen LogP contribution is -2.13. The second-order valence-electron chi connectivity index (χ2n) is 5.87. The average molecular weight is 347 g/mol. The molecule has 3 aromatic rings. The van der Waals surface area contributed by atoms with Crippen LogP contribution in [0.2, 0.25) is 0 Å². The van der Waals surface area contributed by atoms with Crippen molar-refractivity contribution in [3.05, 3.63) is 83.6 Å². The molecular weight excluding hydrogens is 326 g/mol. The SMILES string of the molecule is COc1ccccc1C(=O)Nc1ccc(NCc2ccccc2C)nc1. The number of nitrogens with zero attached hydrogens (tertiary/aromatic N) is 1. The summed E-state index contributed by atoms with van der Waals surface area (Å²) in [6, 6.07) is 19.0. The van der Waals surface area contributed by atoms with Gasteiger partial charge in [0.2, 0.25) is 0 Å². The van der Waals surface area contributed by atoms with E-state index in [-0.39, 0.29) is 5.91 Å². The number of rotatable bonds is 6. The molecule has 26 heavy (non-hydrogen) atoms. The molecule has 0 saturated heterocycles. The fourth-order valence-electron chi connectivity index (χ4n) is 2.60. The molecule has 0 bridgehead atoms. The van der Waals surface area contributed by atoms with E-state index in [0.717, 1.165) is 5.82 Å². The Labute approximate surface area is 153 Å². The molecule has 1 amide bonds. The van der Waals surface area contributed by atoms with Gasteiger partial charge in [-0.3, -0.25) is 4.79 Å². The van der Waals surface area contributed by atoms with E-state index >= 15 is 0 Å². The van der Waals surface area contributed by atoms with Crippen LogP contribution in [0.25, 0.3) is 0 Å². The zero-order valence-corrected chi connectivity index (χ0v) is 14.8. The molecule has 5 heteroatoms. The molecule has 0 radical (unpaired) electrons. The predicted octanol–water partition coefficient (Wildman–Crippen LogP) is 4.26. The summed E-state index contributed by atoms with van der Waals surface area (Å²) in [5, 5.41) is 6.12. The van der Waals surface area contributed by atoms with Crippen LogP contribution >= 0.6 is 0 Å². The molecule has 2 N–H and O–H groups in total. The van der Waals surface area contributed by atoms with Crippen molar-refractivity contribution in [2.24, 2.45) is 0 Å². The van der Waals surface area contributed by atoms with Crippen LogP contribution in [0.5, 0.6) is 5.75 Å². The fraction of sp³-hybridized carbons (Fsp3) is 0.143. The van der Waals surface area contributed by atoms with Gasteiger partial charge in [-0.15, -0.1) is 0 Å². The van der Waals surface area contributed by atoms with Gasteiger partial charge in [0.05, 0.1) is 24.6 Å². The first-order valence-corrected chi connectivity index (χ1v) is 8.36. The molecule has 0 spiro atoms. The third-order valence-corrected chi connectivity index (χ3v) is 4.09. The molecule has 3 rings (SSSR count). The number of nitrogens with one attached hydrogen (secondary N) is 2. The van der Waals surface area contributed by atoms with Crippen molar-refractivity contribution in [1.29, 1.82) is 0 Å². The lowest BCUT2D eigenvalue weighted by molar-refractivity contribution is 0.102. The third kappa shape index (κ3) is 4.19. The molecule has 0 aliphatic heterocycles. The monoisotopic (exact) mass is 347 g/mol. The van der Waals surface area contributed by atoms with Gasteiger partial charge in [-0.1, -0.05) is 36.4 Å². The van der Waals surface area contributed by atoms with E-state index in [0.29, 0.717) is 23.5 Å². The quantitative estimate of drug-likeness (QED) is 0.699. The molecule has 2 aromatic carbocycles. The maximum Gasteiger partial charge on any atom is 0.259 e. The Kier molecular flexibility index (Phi) is 5.49. The molecule has 0 aliphatic carbocycles. The Morgan fingerprint density at radius 2 is 1.81 bits per heavy atom. The number of aromatic nitrogens is 1. The van der Waals surface area contributed by atoms with E-state index in [1.807, 2.05) is 30.3 Å². The van der Waals surface area contributed by atoms with Gasteiger partial charge in [0.15, 0.2) is 0 Å². The average Bonchev–Trinajstić information content (AvgIpc) is 2.68. The zero-order chi connectivity index (χ0) is 18.4. The van der Waals surface area contributed by atoms with Crippen molar-refractivity contribution in [3.8, 4) is 5.75 Å². The summed E-state index contributed by atoms with van der Waals surface area (Å²) in [5.41, 5.74) is 3.57. The number of anilines is 2. The standard InChI is InChI=1S/C21H21N3O2/c1-15-7-3-4-8-16(15)13-22-20-12-11-17(14-23-20)24-21(25)18-9-5-6-10-19(18)26-2/h3-12,14H,13H2,1-2H3,(H,22,23)(H,24,25). The van der Waals surface area contributed by atoms with Gasteiger partial charge < -0.3 is 15.4 Å². The summed E-state index contributed by atoms with van der Waals surface area (Å²) in [6.45, 7) is 2.79. The lowest BCUT2D eigenvalue weighted by Gasteiger charge is -2.10. The van der Waals surface area contributed by atoms with Crippen LogP contribution in [0.1, 0.15) is 21.5 Å². The second kappa shape index (κ2) is 8.16. The topological polar surface area (TPSA) is 63.2 Å². The van der Waals surface area contributed by atoms with Crippen molar-refractivity contribution in [1.82, 2.24) is 4.98 Å². The molecular formula is C21H21N3O2. The van der Waals surface area contributed by atoms with Crippen molar-refractivity contribution in [2.45, 2.75) is 13.5 Å². The molecule has 0 aliphatic rings. The highest BCUT2D eigenvalue weighted by molar-refractivity contribution is 6.06. The van der Waals surface area contributed by atoms with Gasteiger partial charge in [0.25, 0.3) is 5.91 Å². The Balaban J connectivity index is 1.62. The van der Waals surface area contributed by atoms with Crippen LogP contribution in [0, 0.1) is 6.92 Å². The number of hydrogen-bond acceptors (Lipinski definition) is 4. The Bertz CT molecular complexity index is 892. The second-order valence-corrected chi connectivity index (χ2v) is 5.87. The van der Waals surface area contributed by atoms with Crippen LogP contribution in [0.4, 0.5) is 11.5 Å². The highest BCUT2D eigenvalue weighted by atomic mass is 16.5. The molecule has 0 atom stereocenters. The number of methoxy groups -OCH3 is 1. The minimum Gasteiger partial charge on any atom is -0.496 e. The van der Waals surface area contributed by atoms with Crippen LogP contribution < -0.4 is 15.4 Å². The number of ether oxygens (including phenoxy) is 1. The number of carbonyl (C=O) groups excluding carboxylic acids is 1. The van der Waals surface area contributed by atoms with E-state index in [1.165, 1.54) is 11.1 Å². The molecule has 132 valence electrons. The van der Waals surface area contributed by atoms with E-state index in [9.17, 15) is 4.79 Å². The molecule has 1 aromatic heterocycles. The number of para-hydroxylation sites is 1. The van der Waals surface area contributed by atoms with Gasteiger partial charge in [-0.25, -0.2) is 4.98 Å². The molecule has 1 heterocycles. The first-order valence-electron chi connectivity index (χ1n) is 8.36. The highest BCUT2D eigenvalue weighted by Gasteiger charge is 2.11. The van der Waals surface area contributed by atoms with Gasteiger partial charge in [0, 0.05) is 6.54 Å². The minimum atomic E-state index is -0.232. The summed E-state index contributed by atoms with van der Waals surface area (Å²) >= 11 is 0. The Hall–Kier alpha value is -3.34. The smallest absolute Gasteiger partial charge is 0.259 e. The van der Waals surface area contributed by atoms with E-state index in [1.54, 1.807) is 31.5 Å². The molecule has 5 nitrogen and oxygen atoms in total. The van der Waals surface area contributed by atoms with Crippen LogP contribution in [-0.4, -0.2) is 18.0 Å². The van der Waals surface area contributed by atoms with Gasteiger partial charge in [0.1, 0.15) is 11.6 Å². The van der Waals surface area contributed by atoms with Crippen LogP contribution in [-0.2, 0) is 6.54 Å². The number of amides is 1. The van der Waals surface area contributed by atoms with Crippen molar-refractivity contribution < 1.29 is 9.53 Å². The third-order valence-electron chi connectivity index (χ3n) is 4.09. The Morgan fingerprint density at radius 3 is 2.54 bits per heavy atom. The number of pyridine rings is 1.